The highest BCUT2D eigenvalue weighted by atomic mass is 16.5. The fourth-order valence-electron chi connectivity index (χ4n) is 2.84. The molecule has 3 rings (SSSR count). The van der Waals surface area contributed by atoms with Gasteiger partial charge in [-0.25, -0.2) is 0 Å². The van der Waals surface area contributed by atoms with Crippen LogP contribution >= 0.6 is 0 Å². The van der Waals surface area contributed by atoms with E-state index in [4.69, 9.17) is 9.47 Å². The summed E-state index contributed by atoms with van der Waals surface area (Å²) in [7, 11) is 2.59. The number of hydrogen-bond acceptors (Lipinski definition) is 7. The summed E-state index contributed by atoms with van der Waals surface area (Å²) in [6.07, 6.45) is 0. The molecule has 0 heterocycles. The van der Waals surface area contributed by atoms with Crippen molar-refractivity contribution >= 4 is 11.6 Å². The number of aliphatic hydroxyl groups is 1. The first kappa shape index (κ1) is 15.8. The van der Waals surface area contributed by atoms with Crippen molar-refractivity contribution < 1.29 is 34.4 Å². The number of aliphatic hydroxyl groups excluding tert-OH is 1. The molecule has 2 aromatic rings. The molecule has 0 spiro atoms. The van der Waals surface area contributed by atoms with Crippen LogP contribution in [0.15, 0.2) is 18.2 Å². The molecular weight excluding hydrogens is 316 g/mol. The predicted octanol–water partition coefficient (Wildman–Crippen LogP) is 1.38. The number of methoxy groups -OCH3 is 2. The first-order valence-corrected chi connectivity index (χ1v) is 6.98. The summed E-state index contributed by atoms with van der Waals surface area (Å²) in [6.45, 7) is -0.354. The van der Waals surface area contributed by atoms with Gasteiger partial charge in [0.1, 0.15) is 11.5 Å². The number of ether oxygens (including phenoxy) is 2. The Morgan fingerprint density at radius 3 is 2.12 bits per heavy atom. The fourth-order valence-corrected chi connectivity index (χ4v) is 2.84. The van der Waals surface area contributed by atoms with Crippen molar-refractivity contribution in [1.29, 1.82) is 0 Å². The largest absolute Gasteiger partial charge is 0.507 e. The maximum Gasteiger partial charge on any atom is 0.202 e. The van der Waals surface area contributed by atoms with Crippen LogP contribution in [-0.4, -0.2) is 41.1 Å². The number of benzene rings is 2. The highest BCUT2D eigenvalue weighted by molar-refractivity contribution is 6.31. The smallest absolute Gasteiger partial charge is 0.202 e. The van der Waals surface area contributed by atoms with Crippen LogP contribution in [0.3, 0.4) is 0 Å². The van der Waals surface area contributed by atoms with Crippen molar-refractivity contribution in [2.45, 2.75) is 6.61 Å². The number of fused-ring (bicyclic) bond motifs is 2. The van der Waals surface area contributed by atoms with Crippen molar-refractivity contribution in [1.82, 2.24) is 0 Å². The van der Waals surface area contributed by atoms with Crippen LogP contribution in [0.4, 0.5) is 0 Å². The second-order valence-corrected chi connectivity index (χ2v) is 5.23. The molecule has 0 amide bonds. The average Bonchev–Trinajstić information content (AvgIpc) is 2.59. The van der Waals surface area contributed by atoms with E-state index in [2.05, 4.69) is 0 Å². The minimum absolute atomic E-state index is 0.0150. The fraction of sp³-hybridized carbons (Fsp3) is 0.176. The lowest BCUT2D eigenvalue weighted by Gasteiger charge is -2.22. The zero-order chi connectivity index (χ0) is 17.6. The van der Waals surface area contributed by atoms with E-state index in [1.807, 2.05) is 0 Å². The highest BCUT2D eigenvalue weighted by Gasteiger charge is 2.38. The van der Waals surface area contributed by atoms with Crippen molar-refractivity contribution in [2.75, 3.05) is 14.2 Å². The Balaban J connectivity index is 2.38. The van der Waals surface area contributed by atoms with Gasteiger partial charge in [-0.15, -0.1) is 0 Å². The molecule has 0 saturated heterocycles. The second kappa shape index (κ2) is 5.54. The SMILES string of the molecule is COc1cc(O)c2c(c1O)C(=O)c1cc(CO)cc(OC)c1C2=O. The Kier molecular flexibility index (Phi) is 3.65. The minimum atomic E-state index is -0.667. The van der Waals surface area contributed by atoms with Crippen LogP contribution in [0.1, 0.15) is 37.4 Å². The monoisotopic (exact) mass is 330 g/mol. The molecule has 0 fully saturated rings. The van der Waals surface area contributed by atoms with Crippen molar-refractivity contribution in [3.8, 4) is 23.0 Å². The molecule has 1 aliphatic rings. The number of carbonyl (C=O) groups is 2. The summed E-state index contributed by atoms with van der Waals surface area (Å²) >= 11 is 0. The van der Waals surface area contributed by atoms with Crippen molar-refractivity contribution in [2.24, 2.45) is 0 Å². The lowest BCUT2D eigenvalue weighted by Crippen LogP contribution is -2.22. The van der Waals surface area contributed by atoms with Crippen LogP contribution in [0.5, 0.6) is 23.0 Å². The molecule has 1 aliphatic carbocycles. The van der Waals surface area contributed by atoms with Gasteiger partial charge in [-0.1, -0.05) is 0 Å². The number of ketones is 2. The molecule has 2 aromatic carbocycles. The van der Waals surface area contributed by atoms with Gasteiger partial charge in [0.2, 0.25) is 5.78 Å². The summed E-state index contributed by atoms with van der Waals surface area (Å²) in [6, 6.07) is 3.87. The van der Waals surface area contributed by atoms with Gasteiger partial charge < -0.3 is 24.8 Å². The molecule has 7 heteroatoms. The summed E-state index contributed by atoms with van der Waals surface area (Å²) in [4.78, 5) is 25.6. The predicted molar refractivity (Wildman–Crippen MR) is 82.1 cm³/mol. The molecule has 0 radical (unpaired) electrons. The maximum absolute atomic E-state index is 12.8. The lowest BCUT2D eigenvalue weighted by molar-refractivity contribution is 0.0970. The maximum atomic E-state index is 12.8. The van der Waals surface area contributed by atoms with Crippen LogP contribution in [0.2, 0.25) is 0 Å². The van der Waals surface area contributed by atoms with Gasteiger partial charge in [0, 0.05) is 11.6 Å². The van der Waals surface area contributed by atoms with E-state index >= 15 is 0 Å². The van der Waals surface area contributed by atoms with Crippen molar-refractivity contribution in [3.63, 3.8) is 0 Å². The van der Waals surface area contributed by atoms with E-state index < -0.39 is 23.1 Å². The van der Waals surface area contributed by atoms with Gasteiger partial charge in [-0.3, -0.25) is 9.59 Å². The van der Waals surface area contributed by atoms with E-state index in [0.29, 0.717) is 5.56 Å². The Morgan fingerprint density at radius 2 is 1.54 bits per heavy atom. The Hall–Kier alpha value is -3.06. The zero-order valence-electron chi connectivity index (χ0n) is 12.9. The third-order valence-corrected chi connectivity index (χ3v) is 3.95. The molecule has 124 valence electrons. The van der Waals surface area contributed by atoms with Gasteiger partial charge in [-0.05, 0) is 17.7 Å². The number of carbonyl (C=O) groups excluding carboxylic acids is 2. The highest BCUT2D eigenvalue weighted by Crippen LogP contribution is 2.45. The van der Waals surface area contributed by atoms with E-state index in [1.165, 1.54) is 26.4 Å². The molecular formula is C17H14O7. The number of phenols is 2. The van der Waals surface area contributed by atoms with Crippen LogP contribution in [0, 0.1) is 0 Å². The van der Waals surface area contributed by atoms with Gasteiger partial charge in [0.15, 0.2) is 17.3 Å². The summed E-state index contributed by atoms with van der Waals surface area (Å²) in [5.41, 5.74) is -0.296. The topological polar surface area (TPSA) is 113 Å². The van der Waals surface area contributed by atoms with Gasteiger partial charge in [0.05, 0.1) is 37.5 Å². The number of hydrogen-bond donors (Lipinski definition) is 3. The summed E-state index contributed by atoms with van der Waals surface area (Å²) < 4.78 is 10.1. The van der Waals surface area contributed by atoms with Gasteiger partial charge in [-0.2, -0.15) is 0 Å². The Bertz CT molecular complexity index is 883. The lowest BCUT2D eigenvalue weighted by atomic mass is 9.81. The minimum Gasteiger partial charge on any atom is -0.507 e. The quantitative estimate of drug-likeness (QED) is 0.622. The zero-order valence-corrected chi connectivity index (χ0v) is 12.9. The second-order valence-electron chi connectivity index (χ2n) is 5.23. The molecule has 0 saturated carbocycles. The Morgan fingerprint density at radius 1 is 0.875 bits per heavy atom. The summed E-state index contributed by atoms with van der Waals surface area (Å²) in [5, 5.41) is 29.7. The molecule has 24 heavy (non-hydrogen) atoms. The van der Waals surface area contributed by atoms with Gasteiger partial charge in [0.25, 0.3) is 0 Å². The number of rotatable bonds is 3. The molecule has 7 nitrogen and oxygen atoms in total. The third-order valence-electron chi connectivity index (χ3n) is 3.95. The van der Waals surface area contributed by atoms with Crippen LogP contribution in [0.25, 0.3) is 0 Å². The van der Waals surface area contributed by atoms with E-state index in [0.717, 1.165) is 6.07 Å². The molecule has 0 aromatic heterocycles. The number of phenolic OH excluding ortho intramolecular Hbond substituents is 2. The standard InChI is InChI=1S/C17H14O7/c1-23-10-4-7(6-18)3-8-12(10)17(22)13-9(19)5-11(24-2)16(21)14(13)15(8)20/h3-5,18-19,21H,6H2,1-2H3. The average molecular weight is 330 g/mol. The first-order chi connectivity index (χ1) is 11.4. The number of aromatic hydroxyl groups is 2. The molecule has 0 unspecified atom stereocenters. The summed E-state index contributed by atoms with van der Waals surface area (Å²) in [5.74, 6) is -2.34. The molecule has 3 N–H and O–H groups in total. The first-order valence-electron chi connectivity index (χ1n) is 6.98. The molecule has 0 atom stereocenters. The molecule has 0 bridgehead atoms. The van der Waals surface area contributed by atoms with Gasteiger partial charge >= 0.3 is 0 Å². The van der Waals surface area contributed by atoms with E-state index in [9.17, 15) is 24.9 Å². The normalized spacial score (nSPS) is 12.6. The van der Waals surface area contributed by atoms with E-state index in [-0.39, 0.29) is 40.4 Å². The third kappa shape index (κ3) is 2.02. The Labute approximate surface area is 136 Å². The van der Waals surface area contributed by atoms with E-state index in [1.54, 1.807) is 0 Å². The molecule has 0 aliphatic heterocycles. The van der Waals surface area contributed by atoms with Crippen molar-refractivity contribution in [3.05, 3.63) is 46.0 Å². The van der Waals surface area contributed by atoms with Crippen LogP contribution < -0.4 is 9.47 Å². The van der Waals surface area contributed by atoms with Crippen LogP contribution in [-0.2, 0) is 6.61 Å².